The molecule has 2 atom stereocenters. The molecule has 6 heteroatoms. The Labute approximate surface area is 147 Å². The zero-order valence-corrected chi connectivity index (χ0v) is 15.6. The number of aryl methyl sites for hydroxylation is 1. The number of carbonyl (C=O) groups excluding carboxylic acids is 2. The number of aromatic nitrogens is 1. The maximum absolute atomic E-state index is 12.5. The molecule has 2 aliphatic rings. The number of likely N-dealkylation sites (tertiary alicyclic amines) is 1. The Balaban J connectivity index is 1.61. The molecule has 1 N–H and O–H groups in total. The second kappa shape index (κ2) is 7.21. The van der Waals surface area contributed by atoms with Gasteiger partial charge in [0.2, 0.25) is 11.8 Å². The smallest absolute Gasteiger partial charge is 0.231 e. The van der Waals surface area contributed by atoms with Crippen LogP contribution >= 0.6 is 11.3 Å². The Morgan fingerprint density at radius 1 is 1.42 bits per heavy atom. The van der Waals surface area contributed by atoms with Gasteiger partial charge < -0.3 is 10.2 Å². The summed E-state index contributed by atoms with van der Waals surface area (Å²) < 4.78 is 0. The standard InChI is InChI=1S/C18H27N3O2S/c1-4-5-12-6-7-14-15(8-12)24-18(19-14)20-17(23)13-9-16(22)21(10-13)11(2)3/h11-13H,4-10H2,1-3H3,(H,19,20,23). The molecule has 1 aromatic heterocycles. The minimum atomic E-state index is -0.256. The highest BCUT2D eigenvalue weighted by Gasteiger charge is 2.36. The highest BCUT2D eigenvalue weighted by molar-refractivity contribution is 7.15. The number of fused-ring (bicyclic) bond motifs is 1. The zero-order chi connectivity index (χ0) is 17.3. The SMILES string of the molecule is CCCC1CCc2nc(NC(=O)C3CC(=O)N(C(C)C)C3)sc2C1. The van der Waals surface area contributed by atoms with Gasteiger partial charge in [-0.15, -0.1) is 11.3 Å². The van der Waals surface area contributed by atoms with Crippen molar-refractivity contribution < 1.29 is 9.59 Å². The molecule has 0 saturated carbocycles. The second-order valence-electron chi connectivity index (χ2n) is 7.32. The van der Waals surface area contributed by atoms with Gasteiger partial charge in [-0.05, 0) is 39.0 Å². The molecule has 1 aliphatic heterocycles. The molecule has 2 unspecified atom stereocenters. The molecule has 3 rings (SSSR count). The fourth-order valence-electron chi connectivity index (χ4n) is 3.77. The van der Waals surface area contributed by atoms with Crippen LogP contribution in [0.15, 0.2) is 0 Å². The van der Waals surface area contributed by atoms with E-state index in [0.717, 1.165) is 24.5 Å². The lowest BCUT2D eigenvalue weighted by atomic mass is 9.88. The third-order valence-corrected chi connectivity index (χ3v) is 6.16. The van der Waals surface area contributed by atoms with Crippen LogP contribution in [-0.2, 0) is 22.4 Å². The van der Waals surface area contributed by atoms with Crippen LogP contribution in [0.25, 0.3) is 0 Å². The van der Waals surface area contributed by atoms with Gasteiger partial charge in [-0.3, -0.25) is 9.59 Å². The van der Waals surface area contributed by atoms with Gasteiger partial charge in [-0.25, -0.2) is 4.98 Å². The van der Waals surface area contributed by atoms with E-state index in [1.165, 1.54) is 24.1 Å². The summed E-state index contributed by atoms with van der Waals surface area (Å²) in [6, 6.07) is 0.151. The highest BCUT2D eigenvalue weighted by atomic mass is 32.1. The third-order valence-electron chi connectivity index (χ3n) is 5.12. The molecule has 2 amide bonds. The predicted molar refractivity (Wildman–Crippen MR) is 96.1 cm³/mol. The summed E-state index contributed by atoms with van der Waals surface area (Å²) in [5, 5.41) is 3.66. The molecular weight excluding hydrogens is 322 g/mol. The summed E-state index contributed by atoms with van der Waals surface area (Å²) in [4.78, 5) is 32.2. The fourth-order valence-corrected chi connectivity index (χ4v) is 4.89. The average Bonchev–Trinajstić information content (AvgIpc) is 3.10. The Bertz CT molecular complexity index is 626. The quantitative estimate of drug-likeness (QED) is 0.887. The van der Waals surface area contributed by atoms with Gasteiger partial charge in [-0.1, -0.05) is 19.8 Å². The lowest BCUT2D eigenvalue weighted by Crippen LogP contribution is -2.33. The van der Waals surface area contributed by atoms with Crippen LogP contribution in [0.2, 0.25) is 0 Å². The molecule has 2 heterocycles. The number of carbonyl (C=O) groups is 2. The third kappa shape index (κ3) is 3.63. The van der Waals surface area contributed by atoms with E-state index in [9.17, 15) is 9.59 Å². The molecule has 0 aromatic carbocycles. The van der Waals surface area contributed by atoms with E-state index in [-0.39, 0.29) is 23.8 Å². The van der Waals surface area contributed by atoms with Crippen LogP contribution in [-0.4, -0.2) is 34.3 Å². The van der Waals surface area contributed by atoms with Crippen LogP contribution in [0.1, 0.15) is 57.0 Å². The fraction of sp³-hybridized carbons (Fsp3) is 0.722. The summed E-state index contributed by atoms with van der Waals surface area (Å²) in [6.07, 6.45) is 6.14. The van der Waals surface area contributed by atoms with Crippen LogP contribution < -0.4 is 5.32 Å². The lowest BCUT2D eigenvalue weighted by molar-refractivity contribution is -0.129. The van der Waals surface area contributed by atoms with Gasteiger partial charge in [0, 0.05) is 23.9 Å². The summed E-state index contributed by atoms with van der Waals surface area (Å²) in [6.45, 7) is 6.72. The maximum Gasteiger partial charge on any atom is 0.231 e. The minimum absolute atomic E-state index is 0.0669. The first-order chi connectivity index (χ1) is 11.5. The van der Waals surface area contributed by atoms with Crippen molar-refractivity contribution in [2.24, 2.45) is 11.8 Å². The highest BCUT2D eigenvalue weighted by Crippen LogP contribution is 2.34. The number of nitrogens with one attached hydrogen (secondary N) is 1. The van der Waals surface area contributed by atoms with Crippen LogP contribution in [0, 0.1) is 11.8 Å². The van der Waals surface area contributed by atoms with Crippen molar-refractivity contribution in [3.63, 3.8) is 0 Å². The van der Waals surface area contributed by atoms with E-state index >= 15 is 0 Å². The molecule has 1 saturated heterocycles. The van der Waals surface area contributed by atoms with Crippen molar-refractivity contribution in [3.05, 3.63) is 10.6 Å². The molecule has 1 aliphatic carbocycles. The first-order valence-corrected chi connectivity index (χ1v) is 9.88. The van der Waals surface area contributed by atoms with Crippen molar-refractivity contribution in [2.45, 2.75) is 65.3 Å². The van der Waals surface area contributed by atoms with Crippen LogP contribution in [0.4, 0.5) is 5.13 Å². The average molecular weight is 350 g/mol. The maximum atomic E-state index is 12.5. The number of anilines is 1. The monoisotopic (exact) mass is 349 g/mol. The first-order valence-electron chi connectivity index (χ1n) is 9.06. The Morgan fingerprint density at radius 2 is 2.21 bits per heavy atom. The van der Waals surface area contributed by atoms with Crippen LogP contribution in [0.5, 0.6) is 0 Å². The number of amides is 2. The zero-order valence-electron chi connectivity index (χ0n) is 14.8. The molecule has 0 spiro atoms. The van der Waals surface area contributed by atoms with Gasteiger partial charge in [0.1, 0.15) is 0 Å². The van der Waals surface area contributed by atoms with E-state index < -0.39 is 0 Å². The van der Waals surface area contributed by atoms with Gasteiger partial charge in [0.25, 0.3) is 0 Å². The molecular formula is C18H27N3O2S. The lowest BCUT2D eigenvalue weighted by Gasteiger charge is -2.20. The topological polar surface area (TPSA) is 62.3 Å². The van der Waals surface area contributed by atoms with Crippen molar-refractivity contribution in [1.29, 1.82) is 0 Å². The molecule has 1 fully saturated rings. The summed E-state index contributed by atoms with van der Waals surface area (Å²) in [7, 11) is 0. The first kappa shape index (κ1) is 17.4. The summed E-state index contributed by atoms with van der Waals surface area (Å²) in [5.41, 5.74) is 1.16. The van der Waals surface area contributed by atoms with Crippen molar-refractivity contribution in [1.82, 2.24) is 9.88 Å². The molecule has 0 radical (unpaired) electrons. The molecule has 132 valence electrons. The molecule has 1 aromatic rings. The Morgan fingerprint density at radius 3 is 2.88 bits per heavy atom. The molecule has 5 nitrogen and oxygen atoms in total. The largest absolute Gasteiger partial charge is 0.339 e. The number of hydrogen-bond acceptors (Lipinski definition) is 4. The molecule has 24 heavy (non-hydrogen) atoms. The van der Waals surface area contributed by atoms with Gasteiger partial charge >= 0.3 is 0 Å². The number of hydrogen-bond donors (Lipinski definition) is 1. The molecule has 0 bridgehead atoms. The van der Waals surface area contributed by atoms with Crippen LogP contribution in [0.3, 0.4) is 0 Å². The van der Waals surface area contributed by atoms with Gasteiger partial charge in [-0.2, -0.15) is 0 Å². The number of rotatable bonds is 5. The Kier molecular flexibility index (Phi) is 5.23. The summed E-state index contributed by atoms with van der Waals surface area (Å²) in [5.74, 6) is 0.515. The number of nitrogens with zero attached hydrogens (tertiary/aromatic N) is 2. The summed E-state index contributed by atoms with van der Waals surface area (Å²) >= 11 is 1.62. The van der Waals surface area contributed by atoms with Crippen molar-refractivity contribution >= 4 is 28.3 Å². The van der Waals surface area contributed by atoms with E-state index in [0.29, 0.717) is 18.1 Å². The van der Waals surface area contributed by atoms with Crippen molar-refractivity contribution in [3.8, 4) is 0 Å². The van der Waals surface area contributed by atoms with E-state index in [1.807, 2.05) is 13.8 Å². The van der Waals surface area contributed by atoms with Gasteiger partial charge in [0.15, 0.2) is 5.13 Å². The Hall–Kier alpha value is -1.43. The second-order valence-corrected chi connectivity index (χ2v) is 8.40. The predicted octanol–water partition coefficient (Wildman–Crippen LogP) is 3.24. The van der Waals surface area contributed by atoms with Crippen molar-refractivity contribution in [2.75, 3.05) is 11.9 Å². The minimum Gasteiger partial charge on any atom is -0.339 e. The van der Waals surface area contributed by atoms with E-state index in [2.05, 4.69) is 17.2 Å². The van der Waals surface area contributed by atoms with Gasteiger partial charge in [0.05, 0.1) is 11.6 Å². The number of thiazole rings is 1. The van der Waals surface area contributed by atoms with E-state index in [4.69, 9.17) is 0 Å². The normalized spacial score (nSPS) is 23.7. The van der Waals surface area contributed by atoms with E-state index in [1.54, 1.807) is 16.2 Å².